The SMILES string of the molecule is CCS(=O)(=O)NC1C(Cc2csc(-c3cc(F)cc(F)c3)n2)N(C(=O)C(C)(C)O)CC1(F)F. The first-order valence-electron chi connectivity index (χ1n) is 9.95. The number of halogens is 4. The van der Waals surface area contributed by atoms with Crippen molar-refractivity contribution in [3.63, 3.8) is 0 Å². The minimum Gasteiger partial charge on any atom is -0.381 e. The van der Waals surface area contributed by atoms with E-state index in [1.165, 1.54) is 12.3 Å². The molecule has 1 amide bonds. The van der Waals surface area contributed by atoms with Crippen LogP contribution in [0.25, 0.3) is 10.6 Å². The Balaban J connectivity index is 1.98. The molecule has 0 bridgehead atoms. The maximum Gasteiger partial charge on any atom is 0.283 e. The molecule has 2 atom stereocenters. The molecule has 2 aromatic rings. The van der Waals surface area contributed by atoms with Gasteiger partial charge in [-0.2, -0.15) is 0 Å². The van der Waals surface area contributed by atoms with Crippen molar-refractivity contribution in [1.29, 1.82) is 0 Å². The molecule has 0 radical (unpaired) electrons. The summed E-state index contributed by atoms with van der Waals surface area (Å²) in [5.74, 6) is -6.68. The normalized spacial score (nSPS) is 20.9. The van der Waals surface area contributed by atoms with Gasteiger partial charge in [0, 0.05) is 23.4 Å². The molecular formula is C20H23F4N3O4S2. The van der Waals surface area contributed by atoms with Crippen LogP contribution in [-0.2, 0) is 21.2 Å². The van der Waals surface area contributed by atoms with Crippen molar-refractivity contribution in [3.05, 3.63) is 40.9 Å². The molecule has 0 aliphatic carbocycles. The molecule has 1 aromatic heterocycles. The Morgan fingerprint density at radius 1 is 1.30 bits per heavy atom. The Bertz CT molecular complexity index is 1130. The van der Waals surface area contributed by atoms with E-state index in [1.807, 2.05) is 4.72 Å². The van der Waals surface area contributed by atoms with Gasteiger partial charge in [-0.1, -0.05) is 0 Å². The lowest BCUT2D eigenvalue weighted by atomic mass is 10.0. The number of nitrogens with zero attached hydrogens (tertiary/aromatic N) is 2. The topological polar surface area (TPSA) is 99.6 Å². The number of hydrogen-bond donors (Lipinski definition) is 2. The molecule has 182 valence electrons. The second-order valence-corrected chi connectivity index (χ2v) is 11.2. The molecule has 7 nitrogen and oxygen atoms in total. The molecule has 1 aliphatic heterocycles. The number of aromatic nitrogens is 1. The molecule has 13 heteroatoms. The Kier molecular flexibility index (Phi) is 6.91. The summed E-state index contributed by atoms with van der Waals surface area (Å²) in [5, 5.41) is 11.8. The maximum absolute atomic E-state index is 14.9. The third-order valence-corrected chi connectivity index (χ3v) is 7.48. The lowest BCUT2D eigenvalue weighted by Crippen LogP contribution is -2.54. The molecule has 1 aliphatic rings. The fourth-order valence-electron chi connectivity index (χ4n) is 3.57. The minimum atomic E-state index is -4.06. The number of alkyl halides is 2. The number of amides is 1. The highest BCUT2D eigenvalue weighted by Crippen LogP contribution is 2.37. The lowest BCUT2D eigenvalue weighted by molar-refractivity contribution is -0.149. The number of hydrogen-bond acceptors (Lipinski definition) is 6. The number of aliphatic hydroxyl groups is 1. The quantitative estimate of drug-likeness (QED) is 0.559. The van der Waals surface area contributed by atoms with Gasteiger partial charge in [0.15, 0.2) is 0 Å². The average Bonchev–Trinajstić information content (AvgIpc) is 3.24. The van der Waals surface area contributed by atoms with Gasteiger partial charge in [-0.05, 0) is 32.9 Å². The first-order valence-corrected chi connectivity index (χ1v) is 12.5. The summed E-state index contributed by atoms with van der Waals surface area (Å²) in [7, 11) is -4.06. The second-order valence-electron chi connectivity index (χ2n) is 8.33. The zero-order valence-corrected chi connectivity index (χ0v) is 19.6. The highest BCUT2D eigenvalue weighted by atomic mass is 32.2. The van der Waals surface area contributed by atoms with E-state index < -0.39 is 63.5 Å². The third kappa shape index (κ3) is 5.70. The van der Waals surface area contributed by atoms with Gasteiger partial charge in [-0.3, -0.25) is 4.79 Å². The van der Waals surface area contributed by atoms with Gasteiger partial charge in [0.05, 0.1) is 24.0 Å². The number of thiazole rings is 1. The van der Waals surface area contributed by atoms with Crippen LogP contribution < -0.4 is 4.72 Å². The van der Waals surface area contributed by atoms with Crippen molar-refractivity contribution in [2.24, 2.45) is 0 Å². The summed E-state index contributed by atoms with van der Waals surface area (Å²) < 4.78 is 83.0. The van der Waals surface area contributed by atoms with Crippen molar-refractivity contribution in [1.82, 2.24) is 14.6 Å². The van der Waals surface area contributed by atoms with E-state index in [4.69, 9.17) is 0 Å². The zero-order valence-electron chi connectivity index (χ0n) is 18.0. The third-order valence-electron chi connectivity index (χ3n) is 5.17. The standard InChI is InChI=1S/C20H23F4N3O4S2/c1-4-33(30,31)26-16-15(27(10-20(16,23)24)18(28)19(2,3)29)8-14-9-32-17(25-14)11-5-12(21)7-13(22)6-11/h5-7,9,15-16,26,29H,4,8,10H2,1-3H3. The van der Waals surface area contributed by atoms with Gasteiger partial charge in [0.2, 0.25) is 10.0 Å². The van der Waals surface area contributed by atoms with Gasteiger partial charge < -0.3 is 10.0 Å². The van der Waals surface area contributed by atoms with Crippen LogP contribution >= 0.6 is 11.3 Å². The Morgan fingerprint density at radius 3 is 2.45 bits per heavy atom. The van der Waals surface area contributed by atoms with Crippen LogP contribution in [0.3, 0.4) is 0 Å². The van der Waals surface area contributed by atoms with Crippen molar-refractivity contribution in [3.8, 4) is 10.6 Å². The molecule has 1 fully saturated rings. The number of likely N-dealkylation sites (tertiary alicyclic amines) is 1. The van der Waals surface area contributed by atoms with E-state index in [0.717, 1.165) is 42.2 Å². The predicted molar refractivity (Wildman–Crippen MR) is 114 cm³/mol. The van der Waals surface area contributed by atoms with E-state index in [-0.39, 0.29) is 22.7 Å². The van der Waals surface area contributed by atoms with Gasteiger partial charge in [0.1, 0.15) is 28.3 Å². The van der Waals surface area contributed by atoms with Crippen LogP contribution in [0.5, 0.6) is 0 Å². The average molecular weight is 510 g/mol. The number of rotatable bonds is 7. The Hall–Kier alpha value is -2.09. The Labute approximate surface area is 192 Å². The van der Waals surface area contributed by atoms with E-state index >= 15 is 0 Å². The van der Waals surface area contributed by atoms with Gasteiger partial charge in [-0.15, -0.1) is 11.3 Å². The van der Waals surface area contributed by atoms with Gasteiger partial charge >= 0.3 is 0 Å². The number of carbonyl (C=O) groups excluding carboxylic acids is 1. The molecular weight excluding hydrogens is 486 g/mol. The van der Waals surface area contributed by atoms with Gasteiger partial charge in [-0.25, -0.2) is 35.7 Å². The highest BCUT2D eigenvalue weighted by molar-refractivity contribution is 7.89. The van der Waals surface area contributed by atoms with Crippen molar-refractivity contribution >= 4 is 27.3 Å². The van der Waals surface area contributed by atoms with Crippen LogP contribution in [0, 0.1) is 11.6 Å². The second kappa shape index (κ2) is 8.93. The summed E-state index contributed by atoms with van der Waals surface area (Å²) in [6, 6.07) is -0.483. The molecule has 2 N–H and O–H groups in total. The number of carbonyl (C=O) groups is 1. The summed E-state index contributed by atoms with van der Waals surface area (Å²) >= 11 is 1.01. The van der Waals surface area contributed by atoms with Crippen LogP contribution in [0.2, 0.25) is 0 Å². The number of benzene rings is 1. The van der Waals surface area contributed by atoms with Crippen LogP contribution in [0.15, 0.2) is 23.6 Å². The molecule has 3 rings (SSSR count). The predicted octanol–water partition coefficient (Wildman–Crippen LogP) is 2.56. The van der Waals surface area contributed by atoms with Gasteiger partial charge in [0.25, 0.3) is 11.8 Å². The van der Waals surface area contributed by atoms with E-state index in [1.54, 1.807) is 0 Å². The van der Waals surface area contributed by atoms with Crippen molar-refractivity contribution < 1.29 is 35.9 Å². The maximum atomic E-state index is 14.9. The summed E-state index contributed by atoms with van der Waals surface area (Å²) in [6.45, 7) is 2.49. The first-order chi connectivity index (χ1) is 15.1. The summed E-state index contributed by atoms with van der Waals surface area (Å²) in [6.07, 6.45) is -0.275. The number of nitrogens with one attached hydrogen (secondary N) is 1. The minimum absolute atomic E-state index is 0.146. The largest absolute Gasteiger partial charge is 0.381 e. The molecule has 2 heterocycles. The highest BCUT2D eigenvalue weighted by Gasteiger charge is 2.58. The summed E-state index contributed by atoms with van der Waals surface area (Å²) in [4.78, 5) is 17.7. The van der Waals surface area contributed by atoms with Crippen molar-refractivity contribution in [2.75, 3.05) is 12.3 Å². The molecule has 0 spiro atoms. The number of sulfonamides is 1. The first kappa shape index (κ1) is 25.5. The molecule has 33 heavy (non-hydrogen) atoms. The van der Waals surface area contributed by atoms with Crippen LogP contribution in [0.1, 0.15) is 26.5 Å². The van der Waals surface area contributed by atoms with Crippen molar-refractivity contribution in [2.45, 2.75) is 50.8 Å². The van der Waals surface area contributed by atoms with E-state index in [2.05, 4.69) is 4.98 Å². The molecule has 2 unspecified atom stereocenters. The fraction of sp³-hybridized carbons (Fsp3) is 0.500. The zero-order chi connectivity index (χ0) is 24.8. The lowest BCUT2D eigenvalue weighted by Gasteiger charge is -2.31. The van der Waals surface area contributed by atoms with E-state index in [0.29, 0.717) is 6.07 Å². The smallest absolute Gasteiger partial charge is 0.283 e. The Morgan fingerprint density at radius 2 is 1.91 bits per heavy atom. The van der Waals surface area contributed by atoms with Crippen LogP contribution in [0.4, 0.5) is 17.6 Å². The molecule has 0 saturated carbocycles. The molecule has 1 saturated heterocycles. The summed E-state index contributed by atoms with van der Waals surface area (Å²) in [5.41, 5.74) is -1.61. The fourth-order valence-corrected chi connectivity index (χ4v) is 5.28. The monoisotopic (exact) mass is 509 g/mol. The van der Waals surface area contributed by atoms with Crippen LogP contribution in [-0.4, -0.2) is 65.2 Å². The molecule has 1 aromatic carbocycles. The van der Waals surface area contributed by atoms with E-state index in [9.17, 15) is 35.9 Å².